The summed E-state index contributed by atoms with van der Waals surface area (Å²) in [4.78, 5) is 7.13. The molecular weight excluding hydrogens is 351 g/mol. The van der Waals surface area contributed by atoms with Gasteiger partial charge in [-0.2, -0.15) is 0 Å². The van der Waals surface area contributed by atoms with E-state index in [4.69, 9.17) is 4.99 Å². The standard InChI is InChI=1S/C14H30N4.HI/c1-4-6-9-16-14(15-5-2)17-11-13-8-7-10-18(3)12-13;/h13H,4-12H2,1-3H3,(H2,15,16,17);1H. The molecule has 0 spiro atoms. The first kappa shape index (κ1) is 19.0. The van der Waals surface area contributed by atoms with Crippen molar-refractivity contribution >= 4 is 29.9 Å². The lowest BCUT2D eigenvalue weighted by atomic mass is 9.99. The van der Waals surface area contributed by atoms with Gasteiger partial charge in [0.1, 0.15) is 0 Å². The van der Waals surface area contributed by atoms with Gasteiger partial charge in [0.05, 0.1) is 0 Å². The van der Waals surface area contributed by atoms with Gasteiger partial charge in [-0.05, 0) is 45.7 Å². The highest BCUT2D eigenvalue weighted by Gasteiger charge is 2.16. The van der Waals surface area contributed by atoms with E-state index in [0.717, 1.165) is 31.5 Å². The third-order valence-corrected chi connectivity index (χ3v) is 3.40. The van der Waals surface area contributed by atoms with Crippen molar-refractivity contribution in [2.75, 3.05) is 39.8 Å². The van der Waals surface area contributed by atoms with Gasteiger partial charge in [0.15, 0.2) is 5.96 Å². The number of unbranched alkanes of at least 4 members (excludes halogenated alkanes) is 1. The maximum Gasteiger partial charge on any atom is 0.191 e. The molecule has 1 unspecified atom stereocenters. The molecule has 5 heteroatoms. The summed E-state index contributed by atoms with van der Waals surface area (Å²) < 4.78 is 0. The quantitative estimate of drug-likeness (QED) is 0.321. The summed E-state index contributed by atoms with van der Waals surface area (Å²) in [5.74, 6) is 1.71. The van der Waals surface area contributed by atoms with E-state index in [1.807, 2.05) is 0 Å². The molecule has 0 aromatic rings. The van der Waals surface area contributed by atoms with E-state index in [0.29, 0.717) is 0 Å². The zero-order chi connectivity index (χ0) is 13.2. The zero-order valence-corrected chi connectivity index (χ0v) is 15.1. The summed E-state index contributed by atoms with van der Waals surface area (Å²) in [7, 11) is 2.21. The first-order valence-corrected chi connectivity index (χ1v) is 7.47. The molecule has 2 N–H and O–H groups in total. The van der Waals surface area contributed by atoms with Crippen molar-refractivity contribution in [2.24, 2.45) is 10.9 Å². The second-order valence-electron chi connectivity index (χ2n) is 5.27. The molecular formula is C14H31IN4. The molecule has 0 radical (unpaired) electrons. The van der Waals surface area contributed by atoms with Crippen molar-refractivity contribution in [3.63, 3.8) is 0 Å². The molecule has 0 aliphatic carbocycles. The Kier molecular flexibility index (Phi) is 11.7. The number of likely N-dealkylation sites (tertiary alicyclic amines) is 1. The molecule has 0 aromatic heterocycles. The molecule has 4 nitrogen and oxygen atoms in total. The topological polar surface area (TPSA) is 39.7 Å². The summed E-state index contributed by atoms with van der Waals surface area (Å²) in [6.07, 6.45) is 5.06. The van der Waals surface area contributed by atoms with Crippen LogP contribution in [0.2, 0.25) is 0 Å². The van der Waals surface area contributed by atoms with Gasteiger partial charge in [0.25, 0.3) is 0 Å². The van der Waals surface area contributed by atoms with Crippen molar-refractivity contribution in [2.45, 2.75) is 39.5 Å². The van der Waals surface area contributed by atoms with Gasteiger partial charge in [-0.25, -0.2) is 0 Å². The zero-order valence-electron chi connectivity index (χ0n) is 12.7. The summed E-state index contributed by atoms with van der Waals surface area (Å²) in [6.45, 7) is 9.67. The molecule has 0 bridgehead atoms. The Morgan fingerprint density at radius 1 is 1.32 bits per heavy atom. The van der Waals surface area contributed by atoms with E-state index in [1.165, 1.54) is 38.8 Å². The number of hydrogen-bond donors (Lipinski definition) is 2. The highest BCUT2D eigenvalue weighted by atomic mass is 127. The van der Waals surface area contributed by atoms with Crippen LogP contribution >= 0.6 is 24.0 Å². The number of piperidine rings is 1. The van der Waals surface area contributed by atoms with Gasteiger partial charge in [-0.15, -0.1) is 24.0 Å². The number of rotatable bonds is 6. The molecule has 1 fully saturated rings. The Balaban J connectivity index is 0.00000324. The van der Waals surface area contributed by atoms with E-state index < -0.39 is 0 Å². The minimum Gasteiger partial charge on any atom is -0.357 e. The summed E-state index contributed by atoms with van der Waals surface area (Å²) in [6, 6.07) is 0. The van der Waals surface area contributed by atoms with Gasteiger partial charge >= 0.3 is 0 Å². The molecule has 0 amide bonds. The van der Waals surface area contributed by atoms with Crippen molar-refractivity contribution in [3.8, 4) is 0 Å². The normalized spacial score (nSPS) is 20.8. The Hall–Kier alpha value is -0.0400. The number of aliphatic imine (C=N–C) groups is 1. The number of nitrogens with one attached hydrogen (secondary N) is 2. The fraction of sp³-hybridized carbons (Fsp3) is 0.929. The van der Waals surface area contributed by atoms with E-state index >= 15 is 0 Å². The third kappa shape index (κ3) is 8.68. The third-order valence-electron chi connectivity index (χ3n) is 3.40. The van der Waals surface area contributed by atoms with Crippen LogP contribution in [0.25, 0.3) is 0 Å². The Labute approximate surface area is 135 Å². The van der Waals surface area contributed by atoms with Crippen LogP contribution < -0.4 is 10.6 Å². The lowest BCUT2D eigenvalue weighted by molar-refractivity contribution is 0.214. The average molecular weight is 382 g/mol. The summed E-state index contributed by atoms with van der Waals surface area (Å²) >= 11 is 0. The fourth-order valence-electron chi connectivity index (χ4n) is 2.37. The predicted molar refractivity (Wildman–Crippen MR) is 94.5 cm³/mol. The van der Waals surface area contributed by atoms with Crippen LogP contribution in [0.15, 0.2) is 4.99 Å². The van der Waals surface area contributed by atoms with Crippen molar-refractivity contribution < 1.29 is 0 Å². The van der Waals surface area contributed by atoms with Crippen LogP contribution in [0, 0.1) is 5.92 Å². The molecule has 114 valence electrons. The van der Waals surface area contributed by atoms with E-state index in [-0.39, 0.29) is 24.0 Å². The lowest BCUT2D eigenvalue weighted by Crippen LogP contribution is -2.39. The van der Waals surface area contributed by atoms with E-state index in [2.05, 4.69) is 36.4 Å². The Bertz CT molecular complexity index is 246. The number of guanidine groups is 1. The molecule has 1 heterocycles. The number of halogens is 1. The minimum atomic E-state index is 0. The average Bonchev–Trinajstić information content (AvgIpc) is 2.36. The summed E-state index contributed by atoms with van der Waals surface area (Å²) in [5, 5.41) is 6.72. The second kappa shape index (κ2) is 11.8. The molecule has 1 aliphatic rings. The van der Waals surface area contributed by atoms with Crippen molar-refractivity contribution in [3.05, 3.63) is 0 Å². The summed E-state index contributed by atoms with van der Waals surface area (Å²) in [5.41, 5.74) is 0. The van der Waals surface area contributed by atoms with Crippen LogP contribution in [0.5, 0.6) is 0 Å². The van der Waals surface area contributed by atoms with Gasteiger partial charge in [-0.1, -0.05) is 13.3 Å². The SMILES string of the molecule is CCCCNC(=NCC1CCCN(C)C1)NCC.I. The Morgan fingerprint density at radius 2 is 2.11 bits per heavy atom. The van der Waals surface area contributed by atoms with Crippen LogP contribution in [0.3, 0.4) is 0 Å². The van der Waals surface area contributed by atoms with Gasteiger partial charge < -0.3 is 15.5 Å². The fourth-order valence-corrected chi connectivity index (χ4v) is 2.37. The smallest absolute Gasteiger partial charge is 0.191 e. The predicted octanol–water partition coefficient (Wildman–Crippen LogP) is 2.30. The minimum absolute atomic E-state index is 0. The van der Waals surface area contributed by atoms with Crippen molar-refractivity contribution in [1.82, 2.24) is 15.5 Å². The molecule has 0 aromatic carbocycles. The monoisotopic (exact) mass is 382 g/mol. The maximum absolute atomic E-state index is 4.71. The van der Waals surface area contributed by atoms with E-state index in [1.54, 1.807) is 0 Å². The van der Waals surface area contributed by atoms with Crippen LogP contribution in [0.4, 0.5) is 0 Å². The Morgan fingerprint density at radius 3 is 2.74 bits per heavy atom. The first-order valence-electron chi connectivity index (χ1n) is 7.47. The second-order valence-corrected chi connectivity index (χ2v) is 5.27. The first-order chi connectivity index (χ1) is 8.76. The molecule has 1 atom stereocenters. The number of nitrogens with zero attached hydrogens (tertiary/aromatic N) is 2. The molecule has 1 rings (SSSR count). The van der Waals surface area contributed by atoms with Gasteiger partial charge in [0.2, 0.25) is 0 Å². The number of hydrogen-bond acceptors (Lipinski definition) is 2. The highest BCUT2D eigenvalue weighted by Crippen LogP contribution is 2.14. The largest absolute Gasteiger partial charge is 0.357 e. The van der Waals surface area contributed by atoms with Gasteiger partial charge in [0, 0.05) is 26.2 Å². The molecule has 0 saturated carbocycles. The molecule has 1 aliphatic heterocycles. The van der Waals surface area contributed by atoms with Crippen molar-refractivity contribution in [1.29, 1.82) is 0 Å². The van der Waals surface area contributed by atoms with Crippen LogP contribution in [0.1, 0.15) is 39.5 Å². The van der Waals surface area contributed by atoms with Crippen LogP contribution in [-0.2, 0) is 0 Å². The highest BCUT2D eigenvalue weighted by molar-refractivity contribution is 14.0. The van der Waals surface area contributed by atoms with Crippen LogP contribution in [-0.4, -0.2) is 50.6 Å². The van der Waals surface area contributed by atoms with E-state index in [9.17, 15) is 0 Å². The molecule has 19 heavy (non-hydrogen) atoms. The maximum atomic E-state index is 4.71. The molecule has 1 saturated heterocycles. The lowest BCUT2D eigenvalue weighted by Gasteiger charge is -2.28. The van der Waals surface area contributed by atoms with Gasteiger partial charge in [-0.3, -0.25) is 4.99 Å².